The van der Waals surface area contributed by atoms with E-state index in [4.69, 9.17) is 21.1 Å². The first-order valence-electron chi connectivity index (χ1n) is 5.81. The molecule has 1 aliphatic heterocycles. The van der Waals surface area contributed by atoms with Crippen molar-refractivity contribution in [3.63, 3.8) is 0 Å². The highest BCUT2D eigenvalue weighted by molar-refractivity contribution is 6.17. The van der Waals surface area contributed by atoms with E-state index in [1.807, 2.05) is 6.92 Å². The summed E-state index contributed by atoms with van der Waals surface area (Å²) < 4.78 is 10.7. The zero-order valence-electron chi connectivity index (χ0n) is 9.71. The quantitative estimate of drug-likeness (QED) is 0.547. The van der Waals surface area contributed by atoms with Gasteiger partial charge in [-0.2, -0.15) is 0 Å². The number of carbonyl (C=O) groups excluding carboxylic acids is 1. The van der Waals surface area contributed by atoms with E-state index in [0.29, 0.717) is 25.6 Å². The zero-order valence-corrected chi connectivity index (χ0v) is 10.5. The highest BCUT2D eigenvalue weighted by Gasteiger charge is 2.27. The lowest BCUT2D eigenvalue weighted by Gasteiger charge is -2.11. The molecule has 0 radical (unpaired) electrons. The van der Waals surface area contributed by atoms with E-state index < -0.39 is 0 Å². The summed E-state index contributed by atoms with van der Waals surface area (Å²) in [6.07, 6.45) is 2.57. The van der Waals surface area contributed by atoms with Gasteiger partial charge in [0.05, 0.1) is 12.7 Å². The van der Waals surface area contributed by atoms with Crippen molar-refractivity contribution in [1.29, 1.82) is 0 Å². The van der Waals surface area contributed by atoms with Gasteiger partial charge in [0.15, 0.2) is 0 Å². The molecule has 0 aromatic carbocycles. The maximum atomic E-state index is 11.6. The summed E-state index contributed by atoms with van der Waals surface area (Å²) >= 11 is 5.45. The van der Waals surface area contributed by atoms with Crippen LogP contribution in [-0.2, 0) is 14.3 Å². The van der Waals surface area contributed by atoms with Gasteiger partial charge in [-0.05, 0) is 26.2 Å². The smallest absolute Gasteiger partial charge is 0.249 e. The van der Waals surface area contributed by atoms with E-state index in [1.54, 1.807) is 0 Å². The highest BCUT2D eigenvalue weighted by Crippen LogP contribution is 2.18. The van der Waals surface area contributed by atoms with Crippen LogP contribution < -0.4 is 5.32 Å². The van der Waals surface area contributed by atoms with E-state index in [-0.39, 0.29) is 18.1 Å². The molecule has 0 aromatic rings. The van der Waals surface area contributed by atoms with E-state index >= 15 is 0 Å². The molecule has 5 heteroatoms. The monoisotopic (exact) mass is 249 g/mol. The minimum atomic E-state index is -0.251. The van der Waals surface area contributed by atoms with Crippen molar-refractivity contribution < 1.29 is 14.3 Å². The molecule has 0 saturated carbocycles. The first-order valence-corrected chi connectivity index (χ1v) is 6.34. The molecule has 1 aliphatic rings. The standard InChI is InChI=1S/C11H20ClNO3/c1-9-3-4-10(16-9)11(14)13-6-2-7-15-8-5-12/h9-10H,2-8H2,1H3,(H,13,14). The predicted octanol–water partition coefficient (Wildman–Crippen LogP) is 1.32. The Morgan fingerprint density at radius 2 is 2.31 bits per heavy atom. The second kappa shape index (κ2) is 7.87. The van der Waals surface area contributed by atoms with Crippen LogP contribution in [0.4, 0.5) is 0 Å². The van der Waals surface area contributed by atoms with Gasteiger partial charge in [-0.15, -0.1) is 11.6 Å². The molecule has 1 saturated heterocycles. The number of ether oxygens (including phenoxy) is 2. The van der Waals surface area contributed by atoms with Gasteiger partial charge in [0.2, 0.25) is 5.91 Å². The second-order valence-electron chi connectivity index (χ2n) is 3.96. The summed E-state index contributed by atoms with van der Waals surface area (Å²) in [5.74, 6) is 0.516. The molecule has 2 atom stereocenters. The van der Waals surface area contributed by atoms with Crippen LogP contribution in [0, 0.1) is 0 Å². The number of hydrogen-bond acceptors (Lipinski definition) is 3. The molecule has 1 rings (SSSR count). The number of amides is 1. The lowest BCUT2D eigenvalue weighted by Crippen LogP contribution is -2.35. The van der Waals surface area contributed by atoms with Crippen molar-refractivity contribution in [2.45, 2.75) is 38.4 Å². The Morgan fingerprint density at radius 1 is 1.50 bits per heavy atom. The molecule has 2 unspecified atom stereocenters. The third kappa shape index (κ3) is 5.14. The van der Waals surface area contributed by atoms with Crippen LogP contribution in [0.25, 0.3) is 0 Å². The molecule has 1 heterocycles. The molecule has 0 aromatic heterocycles. The number of halogens is 1. The van der Waals surface area contributed by atoms with Crippen molar-refractivity contribution in [1.82, 2.24) is 5.32 Å². The summed E-state index contributed by atoms with van der Waals surface area (Å²) in [5, 5.41) is 2.85. The summed E-state index contributed by atoms with van der Waals surface area (Å²) in [7, 11) is 0. The molecular formula is C11H20ClNO3. The van der Waals surface area contributed by atoms with E-state index in [0.717, 1.165) is 19.3 Å². The molecule has 1 fully saturated rings. The summed E-state index contributed by atoms with van der Waals surface area (Å²) in [5.41, 5.74) is 0. The maximum absolute atomic E-state index is 11.6. The first-order chi connectivity index (χ1) is 7.74. The van der Waals surface area contributed by atoms with Gasteiger partial charge in [0.1, 0.15) is 6.10 Å². The van der Waals surface area contributed by atoms with Crippen LogP contribution in [-0.4, -0.2) is 43.8 Å². The third-order valence-electron chi connectivity index (χ3n) is 2.51. The number of hydrogen-bond donors (Lipinski definition) is 1. The largest absolute Gasteiger partial charge is 0.380 e. The molecule has 94 valence electrons. The number of nitrogens with one attached hydrogen (secondary N) is 1. The molecule has 0 spiro atoms. The molecule has 16 heavy (non-hydrogen) atoms. The fraction of sp³-hybridized carbons (Fsp3) is 0.909. The minimum absolute atomic E-state index is 0.00157. The maximum Gasteiger partial charge on any atom is 0.249 e. The average molecular weight is 250 g/mol. The fourth-order valence-electron chi connectivity index (χ4n) is 1.65. The van der Waals surface area contributed by atoms with Crippen molar-refractivity contribution in [2.75, 3.05) is 25.6 Å². The second-order valence-corrected chi connectivity index (χ2v) is 4.34. The van der Waals surface area contributed by atoms with Crippen molar-refractivity contribution in [2.24, 2.45) is 0 Å². The molecule has 1 N–H and O–H groups in total. The van der Waals surface area contributed by atoms with Crippen LogP contribution >= 0.6 is 11.6 Å². The molecule has 4 nitrogen and oxygen atoms in total. The van der Waals surface area contributed by atoms with Crippen LogP contribution in [0.15, 0.2) is 0 Å². The van der Waals surface area contributed by atoms with Crippen LogP contribution in [0.3, 0.4) is 0 Å². The summed E-state index contributed by atoms with van der Waals surface area (Å²) in [6, 6.07) is 0. The Bertz CT molecular complexity index is 213. The predicted molar refractivity (Wildman–Crippen MR) is 62.7 cm³/mol. The molecule has 1 amide bonds. The fourth-order valence-corrected chi connectivity index (χ4v) is 1.76. The van der Waals surface area contributed by atoms with Gasteiger partial charge in [0, 0.05) is 19.0 Å². The van der Waals surface area contributed by atoms with Crippen LogP contribution in [0.1, 0.15) is 26.2 Å². The van der Waals surface area contributed by atoms with Gasteiger partial charge in [-0.3, -0.25) is 4.79 Å². The van der Waals surface area contributed by atoms with Gasteiger partial charge < -0.3 is 14.8 Å². The van der Waals surface area contributed by atoms with Crippen molar-refractivity contribution in [3.8, 4) is 0 Å². The minimum Gasteiger partial charge on any atom is -0.380 e. The average Bonchev–Trinajstić information content (AvgIpc) is 2.70. The highest BCUT2D eigenvalue weighted by atomic mass is 35.5. The van der Waals surface area contributed by atoms with Crippen LogP contribution in [0.5, 0.6) is 0 Å². The lowest BCUT2D eigenvalue weighted by atomic mass is 10.2. The van der Waals surface area contributed by atoms with Crippen LogP contribution in [0.2, 0.25) is 0 Å². The molecule has 0 bridgehead atoms. The molecule has 0 aliphatic carbocycles. The van der Waals surface area contributed by atoms with Gasteiger partial charge >= 0.3 is 0 Å². The number of carbonyl (C=O) groups is 1. The Balaban J connectivity index is 1.98. The third-order valence-corrected chi connectivity index (χ3v) is 2.66. The van der Waals surface area contributed by atoms with Crippen molar-refractivity contribution in [3.05, 3.63) is 0 Å². The van der Waals surface area contributed by atoms with E-state index in [9.17, 15) is 4.79 Å². The zero-order chi connectivity index (χ0) is 11.8. The first kappa shape index (κ1) is 13.7. The Hall–Kier alpha value is -0.320. The molecular weight excluding hydrogens is 230 g/mol. The summed E-state index contributed by atoms with van der Waals surface area (Å²) in [6.45, 7) is 3.83. The van der Waals surface area contributed by atoms with Crippen molar-refractivity contribution >= 4 is 17.5 Å². The Kier molecular flexibility index (Phi) is 6.76. The number of rotatable bonds is 7. The normalized spacial score (nSPS) is 24.6. The van der Waals surface area contributed by atoms with Gasteiger partial charge in [0.25, 0.3) is 0 Å². The lowest BCUT2D eigenvalue weighted by molar-refractivity contribution is -0.131. The van der Waals surface area contributed by atoms with Gasteiger partial charge in [-0.25, -0.2) is 0 Å². The topological polar surface area (TPSA) is 47.6 Å². The van der Waals surface area contributed by atoms with E-state index in [2.05, 4.69) is 5.32 Å². The number of alkyl halides is 1. The SMILES string of the molecule is CC1CCC(C(=O)NCCCOCCCl)O1. The summed E-state index contributed by atoms with van der Waals surface area (Å²) in [4.78, 5) is 11.6. The Labute approximate surface area is 102 Å². The Morgan fingerprint density at radius 3 is 2.94 bits per heavy atom. The van der Waals surface area contributed by atoms with Gasteiger partial charge in [-0.1, -0.05) is 0 Å². The van der Waals surface area contributed by atoms with E-state index in [1.165, 1.54) is 0 Å².